The van der Waals surface area contributed by atoms with Crippen molar-refractivity contribution in [2.45, 2.75) is 25.8 Å². The fraction of sp³-hybridized carbons (Fsp3) is 0.364. The van der Waals surface area contributed by atoms with E-state index >= 15 is 0 Å². The Balaban J connectivity index is 2.45. The monoisotopic (exact) mass is 211 g/mol. The fourth-order valence-electron chi connectivity index (χ4n) is 1.88. The molecule has 0 saturated carbocycles. The molecule has 80 valence electrons. The van der Waals surface area contributed by atoms with E-state index in [0.29, 0.717) is 12.8 Å². The van der Waals surface area contributed by atoms with Crippen LogP contribution in [0.4, 0.5) is 14.5 Å². The molecular formula is C11H11F2NO. The Bertz CT molecular complexity index is 406. The maximum atomic E-state index is 13.4. The minimum absolute atomic E-state index is 0.0463. The second-order valence-electron chi connectivity index (χ2n) is 3.72. The maximum Gasteiger partial charge on any atom is 0.227 e. The Morgan fingerprint density at radius 1 is 1.40 bits per heavy atom. The van der Waals surface area contributed by atoms with Gasteiger partial charge in [-0.3, -0.25) is 4.79 Å². The molecule has 1 unspecified atom stereocenters. The average molecular weight is 211 g/mol. The summed E-state index contributed by atoms with van der Waals surface area (Å²) in [5, 5.41) is 0. The van der Waals surface area contributed by atoms with Gasteiger partial charge in [-0.15, -0.1) is 0 Å². The van der Waals surface area contributed by atoms with Gasteiger partial charge in [0.1, 0.15) is 0 Å². The van der Waals surface area contributed by atoms with Crippen molar-refractivity contribution in [3.63, 3.8) is 0 Å². The lowest BCUT2D eigenvalue weighted by Crippen LogP contribution is -2.31. The van der Waals surface area contributed by atoms with E-state index in [9.17, 15) is 13.6 Å². The van der Waals surface area contributed by atoms with Crippen LogP contribution in [0, 0.1) is 11.6 Å². The highest BCUT2D eigenvalue weighted by Gasteiger charge is 2.31. The molecule has 0 N–H and O–H groups in total. The van der Waals surface area contributed by atoms with Gasteiger partial charge in [0, 0.05) is 12.5 Å². The molecule has 1 aromatic carbocycles. The first-order valence-corrected chi connectivity index (χ1v) is 4.87. The number of halogens is 2. The summed E-state index contributed by atoms with van der Waals surface area (Å²) in [7, 11) is 0. The molecule has 1 amide bonds. The van der Waals surface area contributed by atoms with Gasteiger partial charge < -0.3 is 4.90 Å². The normalized spacial score (nSPS) is 21.1. The van der Waals surface area contributed by atoms with Crippen molar-refractivity contribution in [2.24, 2.45) is 0 Å². The van der Waals surface area contributed by atoms with Crippen LogP contribution in [0.3, 0.4) is 0 Å². The molecule has 1 saturated heterocycles. The van der Waals surface area contributed by atoms with Gasteiger partial charge in [-0.05, 0) is 25.5 Å². The molecule has 0 spiro atoms. The van der Waals surface area contributed by atoms with Crippen molar-refractivity contribution < 1.29 is 13.6 Å². The molecule has 4 heteroatoms. The van der Waals surface area contributed by atoms with Crippen molar-refractivity contribution in [2.75, 3.05) is 4.90 Å². The molecule has 0 radical (unpaired) electrons. The Morgan fingerprint density at radius 3 is 2.73 bits per heavy atom. The first kappa shape index (κ1) is 10.1. The Kier molecular flexibility index (Phi) is 2.42. The first-order chi connectivity index (χ1) is 7.11. The van der Waals surface area contributed by atoms with Gasteiger partial charge in [-0.1, -0.05) is 6.07 Å². The van der Waals surface area contributed by atoms with Crippen molar-refractivity contribution in [3.8, 4) is 0 Å². The van der Waals surface area contributed by atoms with Crippen LogP contribution < -0.4 is 4.90 Å². The third-order valence-electron chi connectivity index (χ3n) is 2.68. The third kappa shape index (κ3) is 1.60. The molecule has 1 atom stereocenters. The van der Waals surface area contributed by atoms with Crippen LogP contribution in [0.2, 0.25) is 0 Å². The highest BCUT2D eigenvalue weighted by atomic mass is 19.2. The highest BCUT2D eigenvalue weighted by Crippen LogP contribution is 2.29. The molecule has 1 aromatic rings. The van der Waals surface area contributed by atoms with E-state index < -0.39 is 11.6 Å². The second-order valence-corrected chi connectivity index (χ2v) is 3.72. The van der Waals surface area contributed by atoms with Gasteiger partial charge in [0.25, 0.3) is 0 Å². The standard InChI is InChI=1S/C11H11F2NO/c1-7-5-6-10(15)14(7)9-4-2-3-8(12)11(9)13/h2-4,7H,5-6H2,1H3. The van der Waals surface area contributed by atoms with Crippen molar-refractivity contribution in [1.82, 2.24) is 0 Å². The lowest BCUT2D eigenvalue weighted by molar-refractivity contribution is -0.117. The molecule has 1 aliphatic heterocycles. The summed E-state index contributed by atoms with van der Waals surface area (Å²) < 4.78 is 26.4. The van der Waals surface area contributed by atoms with E-state index in [1.165, 1.54) is 17.0 Å². The molecule has 2 nitrogen and oxygen atoms in total. The van der Waals surface area contributed by atoms with Crippen LogP contribution in [-0.2, 0) is 4.79 Å². The van der Waals surface area contributed by atoms with Gasteiger partial charge in [0.15, 0.2) is 11.6 Å². The lowest BCUT2D eigenvalue weighted by Gasteiger charge is -2.22. The van der Waals surface area contributed by atoms with Gasteiger partial charge in [-0.25, -0.2) is 8.78 Å². The summed E-state index contributed by atoms with van der Waals surface area (Å²) in [6, 6.07) is 3.82. The molecule has 2 rings (SSSR count). The molecule has 1 fully saturated rings. The van der Waals surface area contributed by atoms with Crippen molar-refractivity contribution in [3.05, 3.63) is 29.8 Å². The summed E-state index contributed by atoms with van der Waals surface area (Å²) in [5.74, 6) is -2.01. The number of amides is 1. The van der Waals surface area contributed by atoms with E-state index in [2.05, 4.69) is 0 Å². The van der Waals surface area contributed by atoms with Gasteiger partial charge in [-0.2, -0.15) is 0 Å². The quantitative estimate of drug-likeness (QED) is 0.698. The van der Waals surface area contributed by atoms with Gasteiger partial charge >= 0.3 is 0 Å². The van der Waals surface area contributed by atoms with Crippen LogP contribution in [0.15, 0.2) is 18.2 Å². The summed E-state index contributed by atoms with van der Waals surface area (Å²) in [6.45, 7) is 1.83. The fourth-order valence-corrected chi connectivity index (χ4v) is 1.88. The Labute approximate surface area is 86.5 Å². The minimum Gasteiger partial charge on any atom is -0.307 e. The summed E-state index contributed by atoms with van der Waals surface area (Å²) in [4.78, 5) is 12.8. The van der Waals surface area contributed by atoms with Gasteiger partial charge in [0.05, 0.1) is 5.69 Å². The minimum atomic E-state index is -0.945. The van der Waals surface area contributed by atoms with Crippen molar-refractivity contribution in [1.29, 1.82) is 0 Å². The number of carbonyl (C=O) groups is 1. The zero-order valence-corrected chi connectivity index (χ0v) is 8.34. The SMILES string of the molecule is CC1CCC(=O)N1c1cccc(F)c1F. The highest BCUT2D eigenvalue weighted by molar-refractivity contribution is 5.96. The molecule has 1 aliphatic rings. The largest absolute Gasteiger partial charge is 0.307 e. The lowest BCUT2D eigenvalue weighted by atomic mass is 10.2. The number of nitrogens with zero attached hydrogens (tertiary/aromatic N) is 1. The summed E-state index contributed by atoms with van der Waals surface area (Å²) in [5.41, 5.74) is 0.0463. The van der Waals surface area contributed by atoms with Crippen molar-refractivity contribution >= 4 is 11.6 Å². The topological polar surface area (TPSA) is 20.3 Å². The number of rotatable bonds is 1. The number of hydrogen-bond donors (Lipinski definition) is 0. The Morgan fingerprint density at radius 2 is 2.13 bits per heavy atom. The van der Waals surface area contributed by atoms with Gasteiger partial charge in [0.2, 0.25) is 5.91 Å². The van der Waals surface area contributed by atoms with E-state index in [4.69, 9.17) is 0 Å². The Hall–Kier alpha value is -1.45. The number of anilines is 1. The van der Waals surface area contributed by atoms with Crippen LogP contribution in [0.5, 0.6) is 0 Å². The van der Waals surface area contributed by atoms with Crippen LogP contribution >= 0.6 is 0 Å². The molecule has 0 bridgehead atoms. The predicted molar refractivity (Wildman–Crippen MR) is 52.5 cm³/mol. The average Bonchev–Trinajstić information content (AvgIpc) is 2.52. The number of benzene rings is 1. The summed E-state index contributed by atoms with van der Waals surface area (Å²) in [6.07, 6.45) is 1.09. The van der Waals surface area contributed by atoms with Crippen LogP contribution in [0.1, 0.15) is 19.8 Å². The smallest absolute Gasteiger partial charge is 0.227 e. The molecule has 1 heterocycles. The third-order valence-corrected chi connectivity index (χ3v) is 2.68. The zero-order chi connectivity index (χ0) is 11.0. The van der Waals surface area contributed by atoms with E-state index in [1.54, 1.807) is 0 Å². The molecule has 0 aromatic heterocycles. The van der Waals surface area contributed by atoms with E-state index in [0.717, 1.165) is 6.07 Å². The number of carbonyl (C=O) groups excluding carboxylic acids is 1. The maximum absolute atomic E-state index is 13.4. The first-order valence-electron chi connectivity index (χ1n) is 4.87. The number of hydrogen-bond acceptors (Lipinski definition) is 1. The summed E-state index contributed by atoms with van der Waals surface area (Å²) >= 11 is 0. The predicted octanol–water partition coefficient (Wildman–Crippen LogP) is 2.48. The second kappa shape index (κ2) is 3.61. The van der Waals surface area contributed by atoms with E-state index in [-0.39, 0.29) is 17.6 Å². The van der Waals surface area contributed by atoms with E-state index in [1.807, 2.05) is 6.92 Å². The molecule has 15 heavy (non-hydrogen) atoms. The molecular weight excluding hydrogens is 200 g/mol. The van der Waals surface area contributed by atoms with Crippen LogP contribution in [-0.4, -0.2) is 11.9 Å². The van der Waals surface area contributed by atoms with Crippen LogP contribution in [0.25, 0.3) is 0 Å². The zero-order valence-electron chi connectivity index (χ0n) is 8.34. The molecule has 0 aliphatic carbocycles.